The second-order valence-electron chi connectivity index (χ2n) is 8.04. The molecule has 1 aliphatic carbocycles. The highest BCUT2D eigenvalue weighted by atomic mass is 35.5. The molecule has 7 nitrogen and oxygen atoms in total. The van der Waals surface area contributed by atoms with Crippen LogP contribution in [0, 0.1) is 5.82 Å². The Kier molecular flexibility index (Phi) is 5.72. The Hall–Kier alpha value is -2.60. The van der Waals surface area contributed by atoms with Crippen LogP contribution in [0.25, 0.3) is 0 Å². The molecule has 1 saturated carbocycles. The SMILES string of the molecule is CS(=O)(=O)NC(=O)c1cc(Cl)c(OC2C[C@]23CCCN3c2ccc(C(F)(F)F)cn2)cc1F. The molecule has 1 spiro atoms. The molecule has 0 bridgehead atoms. The van der Waals surface area contributed by atoms with Gasteiger partial charge in [0.25, 0.3) is 5.91 Å². The molecular formula is C20H18ClF4N3O4S. The Balaban J connectivity index is 1.51. The van der Waals surface area contributed by atoms with Crippen LogP contribution < -0.4 is 14.4 Å². The van der Waals surface area contributed by atoms with Gasteiger partial charge in [0.1, 0.15) is 23.5 Å². The number of aromatic nitrogens is 1. The van der Waals surface area contributed by atoms with Gasteiger partial charge in [-0.3, -0.25) is 4.79 Å². The molecular weight excluding hydrogens is 490 g/mol. The van der Waals surface area contributed by atoms with Crippen molar-refractivity contribution in [2.45, 2.75) is 37.1 Å². The minimum Gasteiger partial charge on any atom is -0.486 e. The summed E-state index contributed by atoms with van der Waals surface area (Å²) in [7, 11) is -3.89. The first-order chi connectivity index (χ1) is 15.3. The van der Waals surface area contributed by atoms with Gasteiger partial charge in [-0.2, -0.15) is 13.2 Å². The van der Waals surface area contributed by atoms with Crippen LogP contribution in [-0.4, -0.2) is 43.8 Å². The highest BCUT2D eigenvalue weighted by Gasteiger charge is 2.63. The Bertz CT molecular complexity index is 1210. The number of sulfonamides is 1. The molecule has 2 atom stereocenters. The van der Waals surface area contributed by atoms with Crippen LogP contribution in [0.5, 0.6) is 5.75 Å². The van der Waals surface area contributed by atoms with Crippen molar-refractivity contribution < 1.29 is 35.5 Å². The molecule has 178 valence electrons. The number of nitrogens with one attached hydrogen (secondary N) is 1. The van der Waals surface area contributed by atoms with E-state index < -0.39 is 50.7 Å². The van der Waals surface area contributed by atoms with E-state index in [-0.39, 0.29) is 10.8 Å². The quantitative estimate of drug-likeness (QED) is 0.620. The summed E-state index contributed by atoms with van der Waals surface area (Å²) in [6.45, 7) is 0.574. The van der Waals surface area contributed by atoms with E-state index in [2.05, 4.69) is 4.98 Å². The molecule has 2 fully saturated rings. The minimum atomic E-state index is -4.48. The molecule has 2 aliphatic rings. The fourth-order valence-corrected chi connectivity index (χ4v) is 4.74. The lowest BCUT2D eigenvalue weighted by Gasteiger charge is -2.27. The lowest BCUT2D eigenvalue weighted by Crippen LogP contribution is -2.36. The fraction of sp³-hybridized carbons (Fsp3) is 0.400. The van der Waals surface area contributed by atoms with E-state index in [0.717, 1.165) is 37.1 Å². The molecule has 0 radical (unpaired) electrons. The van der Waals surface area contributed by atoms with Gasteiger partial charge in [-0.05, 0) is 31.0 Å². The minimum absolute atomic E-state index is 0.0285. The van der Waals surface area contributed by atoms with Gasteiger partial charge in [0, 0.05) is 25.2 Å². The van der Waals surface area contributed by atoms with Gasteiger partial charge in [-0.15, -0.1) is 0 Å². The van der Waals surface area contributed by atoms with Crippen molar-refractivity contribution in [3.05, 3.63) is 52.4 Å². The maximum absolute atomic E-state index is 14.5. The molecule has 1 aliphatic heterocycles. The second kappa shape index (κ2) is 8.01. The van der Waals surface area contributed by atoms with Crippen molar-refractivity contribution in [2.24, 2.45) is 0 Å². The third-order valence-electron chi connectivity index (χ3n) is 5.67. The number of carbonyl (C=O) groups excluding carboxylic acids is 1. The zero-order valence-electron chi connectivity index (χ0n) is 17.1. The molecule has 1 aromatic carbocycles. The van der Waals surface area contributed by atoms with E-state index in [1.165, 1.54) is 6.07 Å². The molecule has 2 heterocycles. The first-order valence-electron chi connectivity index (χ1n) is 9.79. The van der Waals surface area contributed by atoms with Crippen LogP contribution in [0.1, 0.15) is 35.2 Å². The zero-order chi connectivity index (χ0) is 24.2. The lowest BCUT2D eigenvalue weighted by atomic mass is 10.2. The van der Waals surface area contributed by atoms with Crippen LogP contribution in [-0.2, 0) is 16.2 Å². The normalized spacial score (nSPS) is 22.5. The van der Waals surface area contributed by atoms with Gasteiger partial charge in [0.15, 0.2) is 0 Å². The highest BCUT2D eigenvalue weighted by molar-refractivity contribution is 7.89. The Labute approximate surface area is 191 Å². The number of carbonyl (C=O) groups is 1. The summed E-state index contributed by atoms with van der Waals surface area (Å²) in [5, 5.41) is -0.0886. The van der Waals surface area contributed by atoms with Gasteiger partial charge in [0.05, 0.1) is 27.9 Å². The van der Waals surface area contributed by atoms with Crippen LogP contribution in [0.3, 0.4) is 0 Å². The Morgan fingerprint density at radius 1 is 1.33 bits per heavy atom. The van der Waals surface area contributed by atoms with Gasteiger partial charge in [-0.1, -0.05) is 11.6 Å². The van der Waals surface area contributed by atoms with Crippen LogP contribution in [0.15, 0.2) is 30.5 Å². The van der Waals surface area contributed by atoms with Crippen molar-refractivity contribution >= 4 is 33.3 Å². The van der Waals surface area contributed by atoms with E-state index in [4.69, 9.17) is 16.3 Å². The van der Waals surface area contributed by atoms with Crippen LogP contribution in [0.2, 0.25) is 5.02 Å². The monoisotopic (exact) mass is 507 g/mol. The number of hydrogen-bond donors (Lipinski definition) is 1. The smallest absolute Gasteiger partial charge is 0.417 e. The summed E-state index contributed by atoms with van der Waals surface area (Å²) in [6.07, 6.45) is -1.35. The van der Waals surface area contributed by atoms with Crippen molar-refractivity contribution in [3.63, 3.8) is 0 Å². The first kappa shape index (κ1) is 23.6. The van der Waals surface area contributed by atoms with E-state index in [1.807, 2.05) is 4.90 Å². The Morgan fingerprint density at radius 3 is 2.67 bits per heavy atom. The highest BCUT2D eigenvalue weighted by Crippen LogP contribution is 2.53. The predicted octanol–water partition coefficient (Wildman–Crippen LogP) is 3.77. The van der Waals surface area contributed by atoms with Crippen molar-refractivity contribution in [3.8, 4) is 5.75 Å². The summed E-state index contributed by atoms with van der Waals surface area (Å²) in [4.78, 5) is 17.8. The van der Waals surface area contributed by atoms with Gasteiger partial charge in [0.2, 0.25) is 10.0 Å². The van der Waals surface area contributed by atoms with Gasteiger partial charge < -0.3 is 9.64 Å². The summed E-state index contributed by atoms with van der Waals surface area (Å²) < 4.78 is 82.9. The standard InChI is InChI=1S/C20H18ClF4N3O4S/c1-33(30,31)27-18(29)12-7-13(21)15(8-14(12)22)32-16-9-19(16)5-2-6-28(19)17-4-3-11(10-26-17)20(23,24)25/h3-4,7-8,10,16H,2,5-6,9H2,1H3,(H,27,29)/t16?,19-/m1/s1. The van der Waals surface area contributed by atoms with E-state index in [9.17, 15) is 30.8 Å². The average Bonchev–Trinajstić information content (AvgIpc) is 3.20. The molecule has 1 aromatic heterocycles. The number of halogens is 5. The molecule has 2 aromatic rings. The Morgan fingerprint density at radius 2 is 2.06 bits per heavy atom. The summed E-state index contributed by atoms with van der Waals surface area (Å²) in [6, 6.07) is 4.17. The number of nitrogens with zero attached hydrogens (tertiary/aromatic N) is 2. The van der Waals surface area contributed by atoms with Gasteiger partial charge in [-0.25, -0.2) is 22.5 Å². The van der Waals surface area contributed by atoms with Crippen LogP contribution in [0.4, 0.5) is 23.4 Å². The number of amides is 1. The number of rotatable bonds is 5. The predicted molar refractivity (Wildman–Crippen MR) is 111 cm³/mol. The fourth-order valence-electron chi connectivity index (χ4n) is 4.09. The second-order valence-corrected chi connectivity index (χ2v) is 10.2. The van der Waals surface area contributed by atoms with E-state index in [0.29, 0.717) is 25.2 Å². The van der Waals surface area contributed by atoms with E-state index >= 15 is 0 Å². The average molecular weight is 508 g/mol. The molecule has 1 N–H and O–H groups in total. The zero-order valence-corrected chi connectivity index (χ0v) is 18.7. The maximum atomic E-state index is 14.5. The number of ether oxygens (including phenoxy) is 1. The summed E-state index contributed by atoms with van der Waals surface area (Å²) >= 11 is 6.14. The van der Waals surface area contributed by atoms with Crippen molar-refractivity contribution in [2.75, 3.05) is 17.7 Å². The molecule has 13 heteroatoms. The van der Waals surface area contributed by atoms with Crippen LogP contribution >= 0.6 is 11.6 Å². The van der Waals surface area contributed by atoms with Crippen molar-refractivity contribution in [1.82, 2.24) is 9.71 Å². The summed E-state index contributed by atoms with van der Waals surface area (Å²) in [5.74, 6) is -1.82. The number of anilines is 1. The largest absolute Gasteiger partial charge is 0.486 e. The van der Waals surface area contributed by atoms with Crippen molar-refractivity contribution in [1.29, 1.82) is 0 Å². The number of hydrogen-bond acceptors (Lipinski definition) is 6. The third-order valence-corrected chi connectivity index (χ3v) is 6.52. The maximum Gasteiger partial charge on any atom is 0.417 e. The molecule has 1 saturated heterocycles. The molecule has 33 heavy (non-hydrogen) atoms. The first-order valence-corrected chi connectivity index (χ1v) is 12.1. The molecule has 1 unspecified atom stereocenters. The number of pyridine rings is 1. The molecule has 4 rings (SSSR count). The third kappa shape index (κ3) is 4.72. The topological polar surface area (TPSA) is 88.6 Å². The summed E-state index contributed by atoms with van der Waals surface area (Å²) in [5.41, 5.74) is -1.90. The van der Waals surface area contributed by atoms with E-state index in [1.54, 1.807) is 4.72 Å². The number of benzene rings is 1. The lowest BCUT2D eigenvalue weighted by molar-refractivity contribution is -0.137. The molecule has 1 amide bonds. The number of alkyl halides is 3. The van der Waals surface area contributed by atoms with Gasteiger partial charge >= 0.3 is 6.18 Å².